The standard InChI is InChI=1S/C18H26N2O3/c1-12-7-6-10-16(13(12)2)23-14(3)18(22)20-19-17(21)11-15-8-4-5-9-15/h6-7,10,14-15H,4-5,8-9,11H2,1-3H3,(H,19,21)(H,20,22). The fourth-order valence-corrected chi connectivity index (χ4v) is 2.86. The lowest BCUT2D eigenvalue weighted by molar-refractivity contribution is -0.133. The SMILES string of the molecule is Cc1cccc(OC(C)C(=O)NNC(=O)CC2CCCC2)c1C. The van der Waals surface area contributed by atoms with E-state index in [4.69, 9.17) is 4.74 Å². The van der Waals surface area contributed by atoms with Crippen molar-refractivity contribution in [1.82, 2.24) is 10.9 Å². The van der Waals surface area contributed by atoms with E-state index in [1.165, 1.54) is 12.8 Å². The van der Waals surface area contributed by atoms with Crippen molar-refractivity contribution < 1.29 is 14.3 Å². The van der Waals surface area contributed by atoms with Crippen LogP contribution in [0.4, 0.5) is 0 Å². The summed E-state index contributed by atoms with van der Waals surface area (Å²) in [5, 5.41) is 0. The molecule has 1 fully saturated rings. The third-order valence-electron chi connectivity index (χ3n) is 4.50. The molecule has 1 aromatic carbocycles. The second-order valence-electron chi connectivity index (χ2n) is 6.35. The van der Waals surface area contributed by atoms with Crippen LogP contribution in [0.5, 0.6) is 5.75 Å². The zero-order valence-corrected chi connectivity index (χ0v) is 14.1. The average molecular weight is 318 g/mol. The number of carbonyl (C=O) groups is 2. The molecule has 2 N–H and O–H groups in total. The molecule has 0 spiro atoms. The van der Waals surface area contributed by atoms with Gasteiger partial charge in [-0.3, -0.25) is 20.4 Å². The van der Waals surface area contributed by atoms with Gasteiger partial charge in [0.25, 0.3) is 5.91 Å². The smallest absolute Gasteiger partial charge is 0.279 e. The van der Waals surface area contributed by atoms with Gasteiger partial charge in [0.2, 0.25) is 5.91 Å². The summed E-state index contributed by atoms with van der Waals surface area (Å²) in [4.78, 5) is 23.9. The molecular formula is C18H26N2O3. The largest absolute Gasteiger partial charge is 0.481 e. The Morgan fingerprint density at radius 2 is 1.91 bits per heavy atom. The third kappa shape index (κ3) is 4.98. The minimum atomic E-state index is -0.678. The van der Waals surface area contributed by atoms with Crippen molar-refractivity contribution in [3.05, 3.63) is 29.3 Å². The van der Waals surface area contributed by atoms with Crippen molar-refractivity contribution in [2.45, 2.75) is 59.0 Å². The molecule has 23 heavy (non-hydrogen) atoms. The summed E-state index contributed by atoms with van der Waals surface area (Å²) in [7, 11) is 0. The minimum absolute atomic E-state index is 0.135. The van der Waals surface area contributed by atoms with Crippen LogP contribution in [-0.4, -0.2) is 17.9 Å². The van der Waals surface area contributed by atoms with Gasteiger partial charge < -0.3 is 4.74 Å². The Balaban J connectivity index is 1.78. The van der Waals surface area contributed by atoms with Gasteiger partial charge in [-0.25, -0.2) is 0 Å². The van der Waals surface area contributed by atoms with Gasteiger partial charge in [0.1, 0.15) is 5.75 Å². The summed E-state index contributed by atoms with van der Waals surface area (Å²) in [6.45, 7) is 5.62. The van der Waals surface area contributed by atoms with Crippen LogP contribution in [-0.2, 0) is 9.59 Å². The van der Waals surface area contributed by atoms with E-state index in [2.05, 4.69) is 10.9 Å². The number of nitrogens with one attached hydrogen (secondary N) is 2. The maximum atomic E-state index is 12.0. The fraction of sp³-hybridized carbons (Fsp3) is 0.556. The van der Waals surface area contributed by atoms with Crippen LogP contribution in [0.1, 0.15) is 50.2 Å². The van der Waals surface area contributed by atoms with Crippen molar-refractivity contribution in [3.63, 3.8) is 0 Å². The number of amides is 2. The molecule has 0 heterocycles. The van der Waals surface area contributed by atoms with Gasteiger partial charge in [-0.15, -0.1) is 0 Å². The Hall–Kier alpha value is -2.04. The Bertz CT molecular complexity index is 565. The highest BCUT2D eigenvalue weighted by molar-refractivity contribution is 5.84. The topological polar surface area (TPSA) is 67.4 Å². The van der Waals surface area contributed by atoms with Crippen LogP contribution in [0.25, 0.3) is 0 Å². The lowest BCUT2D eigenvalue weighted by Crippen LogP contribution is -2.47. The van der Waals surface area contributed by atoms with E-state index in [0.717, 1.165) is 24.0 Å². The van der Waals surface area contributed by atoms with Crippen molar-refractivity contribution in [2.75, 3.05) is 0 Å². The molecule has 5 nitrogen and oxygen atoms in total. The van der Waals surface area contributed by atoms with Gasteiger partial charge in [0, 0.05) is 6.42 Å². The Labute approximate surface area is 137 Å². The molecule has 5 heteroatoms. The highest BCUT2D eigenvalue weighted by Gasteiger charge is 2.20. The Morgan fingerprint density at radius 3 is 2.61 bits per heavy atom. The molecule has 1 aliphatic rings. The lowest BCUT2D eigenvalue weighted by atomic mass is 10.0. The molecule has 0 bridgehead atoms. The van der Waals surface area contributed by atoms with Gasteiger partial charge in [-0.05, 0) is 56.7 Å². The zero-order valence-electron chi connectivity index (χ0n) is 14.1. The highest BCUT2D eigenvalue weighted by atomic mass is 16.5. The number of carbonyl (C=O) groups excluding carboxylic acids is 2. The molecule has 0 radical (unpaired) electrons. The first kappa shape index (κ1) is 17.3. The van der Waals surface area contributed by atoms with Crippen LogP contribution in [0.2, 0.25) is 0 Å². The average Bonchev–Trinajstić information content (AvgIpc) is 3.02. The predicted molar refractivity (Wildman–Crippen MR) is 88.9 cm³/mol. The van der Waals surface area contributed by atoms with E-state index in [0.29, 0.717) is 18.1 Å². The zero-order chi connectivity index (χ0) is 16.8. The van der Waals surface area contributed by atoms with Gasteiger partial charge in [-0.2, -0.15) is 0 Å². The van der Waals surface area contributed by atoms with Crippen LogP contribution in [0.15, 0.2) is 18.2 Å². The molecule has 1 aliphatic carbocycles. The van der Waals surface area contributed by atoms with Gasteiger partial charge >= 0.3 is 0 Å². The molecule has 1 saturated carbocycles. The summed E-state index contributed by atoms with van der Waals surface area (Å²) in [5.74, 6) is 0.648. The number of rotatable bonds is 5. The van der Waals surface area contributed by atoms with Gasteiger partial charge in [-0.1, -0.05) is 25.0 Å². The molecular weight excluding hydrogens is 292 g/mol. The second kappa shape index (κ2) is 7.99. The molecule has 1 atom stereocenters. The lowest BCUT2D eigenvalue weighted by Gasteiger charge is -2.17. The van der Waals surface area contributed by atoms with E-state index in [1.807, 2.05) is 32.0 Å². The molecule has 1 aromatic rings. The monoisotopic (exact) mass is 318 g/mol. The number of aryl methyl sites for hydroxylation is 1. The van der Waals surface area contributed by atoms with E-state index in [-0.39, 0.29) is 11.8 Å². The van der Waals surface area contributed by atoms with E-state index in [1.54, 1.807) is 6.92 Å². The maximum Gasteiger partial charge on any atom is 0.279 e. The molecule has 2 amide bonds. The predicted octanol–water partition coefficient (Wildman–Crippen LogP) is 2.80. The summed E-state index contributed by atoms with van der Waals surface area (Å²) in [6, 6.07) is 5.73. The molecule has 1 unspecified atom stereocenters. The van der Waals surface area contributed by atoms with Gasteiger partial charge in [0.05, 0.1) is 0 Å². The van der Waals surface area contributed by atoms with Crippen LogP contribution < -0.4 is 15.6 Å². The summed E-state index contributed by atoms with van der Waals surface area (Å²) >= 11 is 0. The van der Waals surface area contributed by atoms with E-state index in [9.17, 15) is 9.59 Å². The minimum Gasteiger partial charge on any atom is -0.481 e. The molecule has 126 valence electrons. The number of hydrogen-bond donors (Lipinski definition) is 2. The molecule has 0 aliphatic heterocycles. The van der Waals surface area contributed by atoms with Crippen LogP contribution in [0.3, 0.4) is 0 Å². The van der Waals surface area contributed by atoms with Crippen molar-refractivity contribution in [1.29, 1.82) is 0 Å². The van der Waals surface area contributed by atoms with Gasteiger partial charge in [0.15, 0.2) is 6.10 Å². The number of hydrazine groups is 1. The second-order valence-corrected chi connectivity index (χ2v) is 6.35. The summed E-state index contributed by atoms with van der Waals surface area (Å²) in [6.07, 6.45) is 4.41. The first-order valence-electron chi connectivity index (χ1n) is 8.29. The first-order valence-corrected chi connectivity index (χ1v) is 8.29. The highest BCUT2D eigenvalue weighted by Crippen LogP contribution is 2.27. The molecule has 0 saturated heterocycles. The molecule has 0 aromatic heterocycles. The Morgan fingerprint density at radius 1 is 1.22 bits per heavy atom. The normalized spacial score (nSPS) is 16.0. The van der Waals surface area contributed by atoms with E-state index >= 15 is 0 Å². The maximum absolute atomic E-state index is 12.0. The van der Waals surface area contributed by atoms with Crippen LogP contribution in [0, 0.1) is 19.8 Å². The summed E-state index contributed by atoms with van der Waals surface area (Å²) < 4.78 is 5.69. The van der Waals surface area contributed by atoms with Crippen molar-refractivity contribution >= 4 is 11.8 Å². The quantitative estimate of drug-likeness (QED) is 0.820. The third-order valence-corrected chi connectivity index (χ3v) is 4.50. The Kier molecular flexibility index (Phi) is 6.02. The molecule has 2 rings (SSSR count). The number of hydrogen-bond acceptors (Lipinski definition) is 3. The van der Waals surface area contributed by atoms with Crippen molar-refractivity contribution in [3.8, 4) is 5.75 Å². The van der Waals surface area contributed by atoms with Crippen molar-refractivity contribution in [2.24, 2.45) is 5.92 Å². The summed E-state index contributed by atoms with van der Waals surface area (Å²) in [5.41, 5.74) is 7.05. The fourth-order valence-electron chi connectivity index (χ4n) is 2.86. The number of ether oxygens (including phenoxy) is 1. The van der Waals surface area contributed by atoms with E-state index < -0.39 is 6.10 Å². The number of benzene rings is 1. The first-order chi connectivity index (χ1) is 11.0. The van der Waals surface area contributed by atoms with Crippen LogP contribution >= 0.6 is 0 Å².